The van der Waals surface area contributed by atoms with Crippen LogP contribution in [0.25, 0.3) is 22.0 Å². The van der Waals surface area contributed by atoms with Crippen molar-refractivity contribution < 1.29 is 19.4 Å². The van der Waals surface area contributed by atoms with Crippen molar-refractivity contribution in [2.45, 2.75) is 32.9 Å². The summed E-state index contributed by atoms with van der Waals surface area (Å²) in [4.78, 5) is 23.9. The van der Waals surface area contributed by atoms with Gasteiger partial charge in [-0.05, 0) is 67.8 Å². The fourth-order valence-corrected chi connectivity index (χ4v) is 3.70. The largest absolute Gasteiger partial charge is 0.478 e. The van der Waals surface area contributed by atoms with Gasteiger partial charge in [0.15, 0.2) is 0 Å². The van der Waals surface area contributed by atoms with Crippen LogP contribution in [0, 0.1) is 0 Å². The SMILES string of the molecule is CC(C)(C)OC(=O)c1ccccc1-c1ccc(Cn2ccc3cc(C(=O)O)ccc32)cc1. The number of carbonyl (C=O) groups excluding carboxylic acids is 1. The molecule has 0 saturated heterocycles. The van der Waals surface area contributed by atoms with Gasteiger partial charge in [-0.25, -0.2) is 9.59 Å². The first-order valence-corrected chi connectivity index (χ1v) is 10.5. The molecule has 5 heteroatoms. The maximum atomic E-state index is 12.7. The van der Waals surface area contributed by atoms with Crippen LogP contribution in [-0.4, -0.2) is 27.2 Å². The van der Waals surface area contributed by atoms with Crippen molar-refractivity contribution in [2.24, 2.45) is 0 Å². The Kier molecular flexibility index (Phi) is 5.57. The molecule has 32 heavy (non-hydrogen) atoms. The zero-order chi connectivity index (χ0) is 22.9. The molecular formula is C27H25NO4. The van der Waals surface area contributed by atoms with E-state index in [-0.39, 0.29) is 11.5 Å². The molecule has 3 aromatic carbocycles. The Hall–Kier alpha value is -3.86. The quantitative estimate of drug-likeness (QED) is 0.396. The number of aromatic nitrogens is 1. The Morgan fingerprint density at radius 3 is 2.34 bits per heavy atom. The Balaban J connectivity index is 1.58. The number of carboxylic acids is 1. The molecule has 5 nitrogen and oxygen atoms in total. The van der Waals surface area contributed by atoms with Crippen LogP contribution >= 0.6 is 0 Å². The minimum absolute atomic E-state index is 0.281. The molecule has 0 fully saturated rings. The number of ether oxygens (including phenoxy) is 1. The van der Waals surface area contributed by atoms with Gasteiger partial charge in [0.2, 0.25) is 0 Å². The predicted octanol–water partition coefficient (Wildman–Crippen LogP) is 6.01. The van der Waals surface area contributed by atoms with E-state index in [9.17, 15) is 14.7 Å². The van der Waals surface area contributed by atoms with Gasteiger partial charge in [0.05, 0.1) is 11.1 Å². The third-order valence-electron chi connectivity index (χ3n) is 5.18. The third-order valence-corrected chi connectivity index (χ3v) is 5.18. The topological polar surface area (TPSA) is 68.5 Å². The average molecular weight is 428 g/mol. The third kappa shape index (κ3) is 4.57. The van der Waals surface area contributed by atoms with E-state index in [0.717, 1.165) is 27.6 Å². The summed E-state index contributed by atoms with van der Waals surface area (Å²) in [6, 6.07) is 22.6. The molecule has 0 bridgehead atoms. The van der Waals surface area contributed by atoms with Crippen LogP contribution in [0.1, 0.15) is 47.1 Å². The summed E-state index contributed by atoms with van der Waals surface area (Å²) in [7, 11) is 0. The van der Waals surface area contributed by atoms with Crippen LogP contribution in [0.4, 0.5) is 0 Å². The molecule has 0 radical (unpaired) electrons. The van der Waals surface area contributed by atoms with Gasteiger partial charge >= 0.3 is 11.9 Å². The van der Waals surface area contributed by atoms with E-state index in [1.807, 2.05) is 81.6 Å². The van der Waals surface area contributed by atoms with Gasteiger partial charge in [0.1, 0.15) is 5.60 Å². The summed E-state index contributed by atoms with van der Waals surface area (Å²) in [6.07, 6.45) is 1.96. The van der Waals surface area contributed by atoms with Crippen molar-refractivity contribution in [3.05, 3.63) is 95.7 Å². The fourth-order valence-electron chi connectivity index (χ4n) is 3.70. The van der Waals surface area contributed by atoms with Gasteiger partial charge in [0, 0.05) is 23.6 Å². The monoisotopic (exact) mass is 427 g/mol. The Morgan fingerprint density at radius 2 is 1.66 bits per heavy atom. The zero-order valence-electron chi connectivity index (χ0n) is 18.3. The second-order valence-electron chi connectivity index (χ2n) is 8.77. The minimum Gasteiger partial charge on any atom is -0.478 e. The molecule has 162 valence electrons. The molecule has 4 aromatic rings. The molecule has 0 atom stereocenters. The molecule has 4 rings (SSSR count). The molecule has 0 saturated carbocycles. The number of esters is 1. The summed E-state index contributed by atoms with van der Waals surface area (Å²) in [6.45, 7) is 6.23. The van der Waals surface area contributed by atoms with E-state index in [0.29, 0.717) is 12.1 Å². The van der Waals surface area contributed by atoms with E-state index < -0.39 is 11.6 Å². The lowest BCUT2D eigenvalue weighted by Crippen LogP contribution is -2.24. The van der Waals surface area contributed by atoms with Gasteiger partial charge in [-0.3, -0.25) is 0 Å². The number of carbonyl (C=O) groups is 2. The first-order chi connectivity index (χ1) is 15.2. The standard InChI is InChI=1S/C27H25NO4/c1-27(2,3)32-26(31)23-7-5-4-6-22(23)19-10-8-18(9-11-19)17-28-15-14-20-16-21(25(29)30)12-13-24(20)28/h4-16H,17H2,1-3H3,(H,29,30). The highest BCUT2D eigenvalue weighted by molar-refractivity contribution is 5.97. The van der Waals surface area contributed by atoms with Crippen LogP contribution in [0.15, 0.2) is 79.0 Å². The van der Waals surface area contributed by atoms with Gasteiger partial charge in [-0.1, -0.05) is 42.5 Å². The van der Waals surface area contributed by atoms with Crippen molar-refractivity contribution in [3.8, 4) is 11.1 Å². The number of carboxylic acid groups (broad SMARTS) is 1. The van der Waals surface area contributed by atoms with Gasteiger partial charge in [0.25, 0.3) is 0 Å². The summed E-state index contributed by atoms with van der Waals surface area (Å²) in [5.74, 6) is -1.27. The predicted molar refractivity (Wildman–Crippen MR) is 125 cm³/mol. The maximum Gasteiger partial charge on any atom is 0.339 e. The number of benzene rings is 3. The van der Waals surface area contributed by atoms with Crippen molar-refractivity contribution >= 4 is 22.8 Å². The van der Waals surface area contributed by atoms with E-state index in [4.69, 9.17) is 4.74 Å². The van der Waals surface area contributed by atoms with Gasteiger partial charge in [-0.2, -0.15) is 0 Å². The van der Waals surface area contributed by atoms with Crippen molar-refractivity contribution in [1.82, 2.24) is 4.57 Å². The van der Waals surface area contributed by atoms with Crippen LogP contribution in [0.3, 0.4) is 0 Å². The molecule has 1 N–H and O–H groups in total. The van der Waals surface area contributed by atoms with Gasteiger partial charge < -0.3 is 14.4 Å². The lowest BCUT2D eigenvalue weighted by atomic mass is 9.98. The number of fused-ring (bicyclic) bond motifs is 1. The molecule has 1 heterocycles. The molecule has 1 aromatic heterocycles. The van der Waals surface area contributed by atoms with E-state index in [1.54, 1.807) is 18.2 Å². The van der Waals surface area contributed by atoms with Crippen LogP contribution in [0.2, 0.25) is 0 Å². The number of aromatic carboxylic acids is 1. The second kappa shape index (κ2) is 8.35. The smallest absolute Gasteiger partial charge is 0.339 e. The second-order valence-corrected chi connectivity index (χ2v) is 8.77. The van der Waals surface area contributed by atoms with E-state index in [2.05, 4.69) is 4.57 Å². The Labute approximate surface area is 186 Å². The Morgan fingerprint density at radius 1 is 0.938 bits per heavy atom. The van der Waals surface area contributed by atoms with Crippen molar-refractivity contribution in [2.75, 3.05) is 0 Å². The molecule has 0 aliphatic carbocycles. The normalized spacial score (nSPS) is 11.5. The molecule has 0 aliphatic rings. The minimum atomic E-state index is -0.929. The Bertz CT molecular complexity index is 1290. The summed E-state index contributed by atoms with van der Waals surface area (Å²) < 4.78 is 7.65. The molecule has 0 aliphatic heterocycles. The summed E-state index contributed by atoms with van der Waals surface area (Å²) >= 11 is 0. The number of hydrogen-bond donors (Lipinski definition) is 1. The molecular weight excluding hydrogens is 402 g/mol. The lowest BCUT2D eigenvalue weighted by molar-refractivity contribution is 0.00702. The lowest BCUT2D eigenvalue weighted by Gasteiger charge is -2.20. The average Bonchev–Trinajstić information content (AvgIpc) is 3.15. The summed E-state index contributed by atoms with van der Waals surface area (Å²) in [5, 5.41) is 10.1. The highest BCUT2D eigenvalue weighted by atomic mass is 16.6. The molecule has 0 unspecified atom stereocenters. The van der Waals surface area contributed by atoms with E-state index in [1.165, 1.54) is 0 Å². The molecule has 0 spiro atoms. The van der Waals surface area contributed by atoms with Crippen molar-refractivity contribution in [3.63, 3.8) is 0 Å². The van der Waals surface area contributed by atoms with Crippen LogP contribution in [-0.2, 0) is 11.3 Å². The first-order valence-electron chi connectivity index (χ1n) is 10.5. The maximum absolute atomic E-state index is 12.7. The van der Waals surface area contributed by atoms with Crippen molar-refractivity contribution in [1.29, 1.82) is 0 Å². The van der Waals surface area contributed by atoms with Crippen LogP contribution < -0.4 is 0 Å². The van der Waals surface area contributed by atoms with E-state index >= 15 is 0 Å². The number of nitrogens with zero attached hydrogens (tertiary/aromatic N) is 1. The fraction of sp³-hybridized carbons (Fsp3) is 0.185. The highest BCUT2D eigenvalue weighted by Gasteiger charge is 2.20. The number of rotatable bonds is 5. The van der Waals surface area contributed by atoms with Crippen LogP contribution in [0.5, 0.6) is 0 Å². The highest BCUT2D eigenvalue weighted by Crippen LogP contribution is 2.27. The molecule has 0 amide bonds. The van der Waals surface area contributed by atoms with Gasteiger partial charge in [-0.15, -0.1) is 0 Å². The number of hydrogen-bond acceptors (Lipinski definition) is 3. The first kappa shape index (κ1) is 21.4. The summed E-state index contributed by atoms with van der Waals surface area (Å²) in [5.41, 5.74) is 4.13. The zero-order valence-corrected chi connectivity index (χ0v) is 18.3.